The van der Waals surface area contributed by atoms with Crippen LogP contribution in [-0.2, 0) is 20.1 Å². The molecule has 2 aromatic rings. The van der Waals surface area contributed by atoms with Gasteiger partial charge < -0.3 is 5.73 Å². The Balaban J connectivity index is 1.47. The van der Waals surface area contributed by atoms with Gasteiger partial charge in [-0.1, -0.05) is 0 Å². The summed E-state index contributed by atoms with van der Waals surface area (Å²) in [5, 5.41) is 4.27. The molecule has 7 heteroatoms. The van der Waals surface area contributed by atoms with Crippen molar-refractivity contribution >= 4 is 0 Å². The van der Waals surface area contributed by atoms with Gasteiger partial charge in [0.15, 0.2) is 11.6 Å². The summed E-state index contributed by atoms with van der Waals surface area (Å²) >= 11 is 0. The number of fused-ring (bicyclic) bond motifs is 1. The molecule has 25 heavy (non-hydrogen) atoms. The van der Waals surface area contributed by atoms with Crippen molar-refractivity contribution in [2.75, 3.05) is 0 Å². The molecular weight excluding hydrogens is 329 g/mol. The van der Waals surface area contributed by atoms with Gasteiger partial charge in [-0.05, 0) is 30.9 Å². The summed E-state index contributed by atoms with van der Waals surface area (Å²) in [5.41, 5.74) is 8.97. The van der Waals surface area contributed by atoms with Crippen LogP contribution in [0.1, 0.15) is 42.0 Å². The number of benzene rings is 1. The molecule has 4 rings (SSSR count). The first-order chi connectivity index (χ1) is 11.9. The summed E-state index contributed by atoms with van der Waals surface area (Å²) in [4.78, 5) is 2.38. The first-order valence-corrected chi connectivity index (χ1v) is 8.58. The van der Waals surface area contributed by atoms with Crippen molar-refractivity contribution in [1.29, 1.82) is 0 Å². The molecule has 0 bridgehead atoms. The molecule has 1 aliphatic carbocycles. The van der Waals surface area contributed by atoms with Crippen LogP contribution in [-0.4, -0.2) is 26.8 Å². The maximum Gasteiger partial charge on any atom is 0.161 e. The number of aryl methyl sites for hydroxylation is 1. The minimum absolute atomic E-state index is 0.193. The Morgan fingerprint density at radius 3 is 2.56 bits per heavy atom. The molecule has 1 aromatic heterocycles. The third-order valence-corrected chi connectivity index (χ3v) is 5.70. The maximum atomic E-state index is 14.1. The zero-order valence-corrected chi connectivity index (χ0v) is 14.1. The minimum Gasteiger partial charge on any atom is -0.327 e. The molecule has 0 spiro atoms. The van der Waals surface area contributed by atoms with E-state index in [-0.39, 0.29) is 17.5 Å². The van der Waals surface area contributed by atoms with E-state index in [9.17, 15) is 13.2 Å². The van der Waals surface area contributed by atoms with E-state index in [1.807, 2.05) is 17.9 Å². The van der Waals surface area contributed by atoms with Crippen LogP contribution in [0.4, 0.5) is 13.2 Å². The molecule has 0 saturated heterocycles. The lowest BCUT2D eigenvalue weighted by atomic mass is 9.77. The van der Waals surface area contributed by atoms with Gasteiger partial charge in [0.2, 0.25) is 0 Å². The van der Waals surface area contributed by atoms with Crippen LogP contribution >= 0.6 is 0 Å². The van der Waals surface area contributed by atoms with E-state index >= 15 is 0 Å². The van der Waals surface area contributed by atoms with Gasteiger partial charge in [-0.25, -0.2) is 13.2 Å². The second-order valence-corrected chi connectivity index (χ2v) is 7.17. The summed E-state index contributed by atoms with van der Waals surface area (Å²) in [6, 6.07) is 1.62. The molecule has 1 saturated carbocycles. The quantitative estimate of drug-likeness (QED) is 0.848. The van der Waals surface area contributed by atoms with Crippen LogP contribution in [0.2, 0.25) is 0 Å². The SMILES string of the molecule is Cn1ncc2c1CN([C@H]1CCC(c3cc(F)c(F)cc3F)[C@@H](N)C1)C2. The number of hydrogen-bond acceptors (Lipinski definition) is 3. The lowest BCUT2D eigenvalue weighted by Crippen LogP contribution is -2.44. The fourth-order valence-electron chi connectivity index (χ4n) is 4.29. The summed E-state index contributed by atoms with van der Waals surface area (Å²) in [5.74, 6) is -3.17. The number of nitrogens with zero attached hydrogens (tertiary/aromatic N) is 3. The lowest BCUT2D eigenvalue weighted by Gasteiger charge is -2.38. The fraction of sp³-hybridized carbons (Fsp3) is 0.500. The maximum absolute atomic E-state index is 14.1. The summed E-state index contributed by atoms with van der Waals surface area (Å²) in [6.45, 7) is 1.69. The zero-order valence-electron chi connectivity index (χ0n) is 14.1. The molecule has 2 aliphatic rings. The Kier molecular flexibility index (Phi) is 4.08. The van der Waals surface area contributed by atoms with Crippen molar-refractivity contribution in [3.63, 3.8) is 0 Å². The van der Waals surface area contributed by atoms with Crippen LogP contribution in [0.3, 0.4) is 0 Å². The van der Waals surface area contributed by atoms with Crippen LogP contribution in [0.15, 0.2) is 18.3 Å². The summed E-state index contributed by atoms with van der Waals surface area (Å²) < 4.78 is 42.7. The number of rotatable bonds is 2. The van der Waals surface area contributed by atoms with Gasteiger partial charge in [-0.15, -0.1) is 0 Å². The second-order valence-electron chi connectivity index (χ2n) is 7.17. The molecule has 1 fully saturated rings. The van der Waals surface area contributed by atoms with Crippen LogP contribution in [0, 0.1) is 17.5 Å². The van der Waals surface area contributed by atoms with Crippen LogP contribution in [0.25, 0.3) is 0 Å². The number of halogens is 3. The number of hydrogen-bond donors (Lipinski definition) is 1. The molecule has 134 valence electrons. The standard InChI is InChI=1S/C18H21F3N4/c1-24-18-9-25(8-10(18)7-23-24)11-2-3-12(17(22)4-11)13-5-15(20)16(21)6-14(13)19/h5-7,11-12,17H,2-4,8-9,22H2,1H3/t11-,12?,17-/m0/s1. The summed E-state index contributed by atoms with van der Waals surface area (Å²) in [7, 11) is 1.94. The average Bonchev–Trinajstić information content (AvgIpc) is 3.14. The third-order valence-electron chi connectivity index (χ3n) is 5.70. The first kappa shape index (κ1) is 16.6. The van der Waals surface area contributed by atoms with Crippen molar-refractivity contribution in [1.82, 2.24) is 14.7 Å². The Labute approximate surface area is 144 Å². The van der Waals surface area contributed by atoms with Crippen molar-refractivity contribution in [2.24, 2.45) is 12.8 Å². The van der Waals surface area contributed by atoms with E-state index < -0.39 is 17.5 Å². The Bertz CT molecular complexity index is 804. The van der Waals surface area contributed by atoms with Gasteiger partial charge >= 0.3 is 0 Å². The third kappa shape index (κ3) is 2.85. The van der Waals surface area contributed by atoms with Gasteiger partial charge in [0.25, 0.3) is 0 Å². The van der Waals surface area contributed by atoms with Gasteiger partial charge in [0, 0.05) is 49.8 Å². The van der Waals surface area contributed by atoms with Crippen LogP contribution in [0.5, 0.6) is 0 Å². The minimum atomic E-state index is -1.16. The molecule has 1 aromatic carbocycles. The molecule has 0 radical (unpaired) electrons. The molecule has 2 heterocycles. The van der Waals surface area contributed by atoms with Crippen molar-refractivity contribution < 1.29 is 13.2 Å². The van der Waals surface area contributed by atoms with E-state index in [2.05, 4.69) is 10.00 Å². The highest BCUT2D eigenvalue weighted by Crippen LogP contribution is 2.38. The molecule has 4 nitrogen and oxygen atoms in total. The predicted octanol–water partition coefficient (Wildman–Crippen LogP) is 2.82. The highest BCUT2D eigenvalue weighted by atomic mass is 19.2. The smallest absolute Gasteiger partial charge is 0.161 e. The van der Waals surface area contributed by atoms with Gasteiger partial charge in [-0.2, -0.15) is 5.10 Å². The first-order valence-electron chi connectivity index (χ1n) is 8.58. The average molecular weight is 350 g/mol. The lowest BCUT2D eigenvalue weighted by molar-refractivity contribution is 0.135. The highest BCUT2D eigenvalue weighted by Gasteiger charge is 2.36. The van der Waals surface area contributed by atoms with E-state index in [0.29, 0.717) is 24.9 Å². The molecule has 2 N–H and O–H groups in total. The fourth-order valence-corrected chi connectivity index (χ4v) is 4.29. The van der Waals surface area contributed by atoms with Gasteiger partial charge in [0.1, 0.15) is 5.82 Å². The monoisotopic (exact) mass is 350 g/mol. The predicted molar refractivity (Wildman–Crippen MR) is 87.1 cm³/mol. The van der Waals surface area contributed by atoms with E-state index in [1.165, 1.54) is 11.3 Å². The highest BCUT2D eigenvalue weighted by molar-refractivity contribution is 5.27. The van der Waals surface area contributed by atoms with E-state index in [1.54, 1.807) is 0 Å². The van der Waals surface area contributed by atoms with Crippen molar-refractivity contribution in [2.45, 2.75) is 50.4 Å². The van der Waals surface area contributed by atoms with E-state index in [0.717, 1.165) is 25.6 Å². The molecule has 1 aliphatic heterocycles. The largest absolute Gasteiger partial charge is 0.327 e. The normalized spacial score (nSPS) is 26.8. The van der Waals surface area contributed by atoms with E-state index in [4.69, 9.17) is 5.73 Å². The Hall–Kier alpha value is -1.86. The Morgan fingerprint density at radius 2 is 1.84 bits per heavy atom. The number of aromatic nitrogens is 2. The second kappa shape index (κ2) is 6.14. The zero-order chi connectivity index (χ0) is 17.7. The van der Waals surface area contributed by atoms with Gasteiger partial charge in [0.05, 0.1) is 11.9 Å². The van der Waals surface area contributed by atoms with Crippen molar-refractivity contribution in [3.8, 4) is 0 Å². The molecule has 1 unspecified atom stereocenters. The number of nitrogens with two attached hydrogens (primary N) is 1. The topological polar surface area (TPSA) is 47.1 Å². The van der Waals surface area contributed by atoms with Gasteiger partial charge in [-0.3, -0.25) is 9.58 Å². The van der Waals surface area contributed by atoms with Crippen LogP contribution < -0.4 is 5.73 Å². The molecular formula is C18H21F3N4. The Morgan fingerprint density at radius 1 is 1.08 bits per heavy atom. The molecule has 3 atom stereocenters. The molecule has 0 amide bonds. The van der Waals surface area contributed by atoms with Crippen molar-refractivity contribution in [3.05, 3.63) is 52.6 Å². The summed E-state index contributed by atoms with van der Waals surface area (Å²) in [6.07, 6.45) is 4.14.